The zero-order valence-electron chi connectivity index (χ0n) is 6.83. The Morgan fingerprint density at radius 1 is 1.83 bits per heavy atom. The molecule has 0 aromatic rings. The molecule has 0 saturated carbocycles. The molecule has 1 saturated heterocycles. The second-order valence-electron chi connectivity index (χ2n) is 2.29. The highest BCUT2D eigenvalue weighted by molar-refractivity contribution is 8.01. The van der Waals surface area contributed by atoms with Crippen LogP contribution in [0.1, 0.15) is 6.92 Å². The molecule has 1 atom stereocenters. The Hall–Kier alpha value is -0.710. The van der Waals surface area contributed by atoms with Gasteiger partial charge in [0, 0.05) is 12.3 Å². The van der Waals surface area contributed by atoms with Crippen LogP contribution in [0.3, 0.4) is 0 Å². The molecule has 0 radical (unpaired) electrons. The summed E-state index contributed by atoms with van der Waals surface area (Å²) in [5.41, 5.74) is 0. The van der Waals surface area contributed by atoms with E-state index in [4.69, 9.17) is 4.74 Å². The SMILES string of the molecule is CCOC(=O)C1SCCNC1=O. The third-order valence-corrected chi connectivity index (χ3v) is 2.60. The summed E-state index contributed by atoms with van der Waals surface area (Å²) in [5.74, 6) is 0.110. The highest BCUT2D eigenvalue weighted by Crippen LogP contribution is 2.15. The van der Waals surface area contributed by atoms with Crippen molar-refractivity contribution in [1.82, 2.24) is 5.32 Å². The quantitative estimate of drug-likeness (QED) is 0.482. The molecule has 1 aliphatic rings. The molecular formula is C7H11NO3S. The number of thioether (sulfide) groups is 1. The van der Waals surface area contributed by atoms with Gasteiger partial charge in [-0.3, -0.25) is 9.59 Å². The lowest BCUT2D eigenvalue weighted by molar-refractivity contribution is -0.145. The lowest BCUT2D eigenvalue weighted by Gasteiger charge is -2.19. The summed E-state index contributed by atoms with van der Waals surface area (Å²) in [6.45, 7) is 2.69. The molecule has 0 spiro atoms. The predicted octanol–water partition coefficient (Wildman–Crippen LogP) is -0.219. The van der Waals surface area contributed by atoms with Gasteiger partial charge in [-0.1, -0.05) is 0 Å². The van der Waals surface area contributed by atoms with Crippen LogP contribution >= 0.6 is 11.8 Å². The van der Waals surface area contributed by atoms with Gasteiger partial charge in [-0.05, 0) is 6.92 Å². The van der Waals surface area contributed by atoms with Crippen molar-refractivity contribution < 1.29 is 14.3 Å². The van der Waals surface area contributed by atoms with Crippen LogP contribution in [-0.2, 0) is 14.3 Å². The van der Waals surface area contributed by atoms with Gasteiger partial charge in [0.15, 0.2) is 5.25 Å². The molecule has 0 aliphatic carbocycles. The number of hydrogen-bond acceptors (Lipinski definition) is 4. The van der Waals surface area contributed by atoms with E-state index in [1.165, 1.54) is 11.8 Å². The van der Waals surface area contributed by atoms with Gasteiger partial charge >= 0.3 is 5.97 Å². The Kier molecular flexibility index (Phi) is 3.40. The third kappa shape index (κ3) is 2.14. The first kappa shape index (κ1) is 9.38. The van der Waals surface area contributed by atoms with E-state index < -0.39 is 11.2 Å². The zero-order chi connectivity index (χ0) is 8.97. The lowest BCUT2D eigenvalue weighted by Crippen LogP contribution is -2.44. The second-order valence-corrected chi connectivity index (χ2v) is 3.51. The van der Waals surface area contributed by atoms with Crippen LogP contribution in [0.15, 0.2) is 0 Å². The molecular weight excluding hydrogens is 178 g/mol. The first-order valence-electron chi connectivity index (χ1n) is 3.81. The number of nitrogens with one attached hydrogen (secondary N) is 1. The Balaban J connectivity index is 2.48. The van der Waals surface area contributed by atoms with E-state index in [0.29, 0.717) is 13.2 Å². The summed E-state index contributed by atoms with van der Waals surface area (Å²) in [5, 5.41) is 1.96. The fourth-order valence-electron chi connectivity index (χ4n) is 0.912. The summed E-state index contributed by atoms with van der Waals surface area (Å²) < 4.78 is 4.73. The van der Waals surface area contributed by atoms with E-state index in [-0.39, 0.29) is 5.91 Å². The molecule has 0 aromatic heterocycles. The Morgan fingerprint density at radius 3 is 3.17 bits per heavy atom. The zero-order valence-corrected chi connectivity index (χ0v) is 7.65. The van der Waals surface area contributed by atoms with Gasteiger partial charge < -0.3 is 10.1 Å². The minimum atomic E-state index is -0.654. The molecule has 0 aromatic carbocycles. The highest BCUT2D eigenvalue weighted by atomic mass is 32.2. The van der Waals surface area contributed by atoms with Crippen LogP contribution in [0.5, 0.6) is 0 Å². The molecule has 1 rings (SSSR count). The molecule has 1 aliphatic heterocycles. The maximum Gasteiger partial charge on any atom is 0.328 e. The van der Waals surface area contributed by atoms with E-state index in [1.807, 2.05) is 0 Å². The summed E-state index contributed by atoms with van der Waals surface area (Å²) in [4.78, 5) is 22.2. The Labute approximate surface area is 75.0 Å². The number of rotatable bonds is 2. The standard InChI is InChI=1S/C7H11NO3S/c1-2-11-7(10)5-6(9)8-3-4-12-5/h5H,2-4H2,1H3,(H,8,9). The molecule has 1 heterocycles. The van der Waals surface area contributed by atoms with Crippen molar-refractivity contribution in [3.8, 4) is 0 Å². The van der Waals surface area contributed by atoms with Gasteiger partial charge in [-0.15, -0.1) is 11.8 Å². The number of hydrogen-bond donors (Lipinski definition) is 1. The highest BCUT2D eigenvalue weighted by Gasteiger charge is 2.30. The molecule has 0 bridgehead atoms. The maximum absolute atomic E-state index is 11.1. The van der Waals surface area contributed by atoms with E-state index in [0.717, 1.165) is 5.75 Å². The normalized spacial score (nSPS) is 23.1. The van der Waals surface area contributed by atoms with Crippen molar-refractivity contribution in [2.45, 2.75) is 12.2 Å². The van der Waals surface area contributed by atoms with Gasteiger partial charge in [-0.25, -0.2) is 0 Å². The van der Waals surface area contributed by atoms with Crippen molar-refractivity contribution in [3.05, 3.63) is 0 Å². The third-order valence-electron chi connectivity index (χ3n) is 1.42. The van der Waals surface area contributed by atoms with Gasteiger partial charge in [0.05, 0.1) is 6.61 Å². The molecule has 1 amide bonds. The Morgan fingerprint density at radius 2 is 2.58 bits per heavy atom. The smallest absolute Gasteiger partial charge is 0.328 e. The summed E-state index contributed by atoms with van der Waals surface area (Å²) in [6.07, 6.45) is 0. The largest absolute Gasteiger partial charge is 0.465 e. The van der Waals surface area contributed by atoms with Crippen LogP contribution in [0.25, 0.3) is 0 Å². The molecule has 1 N–H and O–H groups in total. The molecule has 1 unspecified atom stereocenters. The fourth-order valence-corrected chi connectivity index (χ4v) is 1.81. The fraction of sp³-hybridized carbons (Fsp3) is 0.714. The summed E-state index contributed by atoms with van der Waals surface area (Å²) in [7, 11) is 0. The first-order valence-corrected chi connectivity index (χ1v) is 4.86. The van der Waals surface area contributed by atoms with Crippen molar-refractivity contribution in [2.24, 2.45) is 0 Å². The van der Waals surface area contributed by atoms with Crippen LogP contribution in [-0.4, -0.2) is 36.0 Å². The van der Waals surface area contributed by atoms with E-state index in [9.17, 15) is 9.59 Å². The number of amides is 1. The molecule has 12 heavy (non-hydrogen) atoms. The minimum Gasteiger partial charge on any atom is -0.465 e. The number of carbonyl (C=O) groups is 2. The van der Waals surface area contributed by atoms with E-state index >= 15 is 0 Å². The Bertz CT molecular complexity index is 195. The topological polar surface area (TPSA) is 55.4 Å². The van der Waals surface area contributed by atoms with Crippen molar-refractivity contribution in [2.75, 3.05) is 18.9 Å². The van der Waals surface area contributed by atoms with Crippen LogP contribution in [0.2, 0.25) is 0 Å². The van der Waals surface area contributed by atoms with Gasteiger partial charge in [-0.2, -0.15) is 0 Å². The number of esters is 1. The van der Waals surface area contributed by atoms with Crippen LogP contribution in [0, 0.1) is 0 Å². The average molecular weight is 189 g/mol. The second kappa shape index (κ2) is 4.35. The number of ether oxygens (including phenoxy) is 1. The van der Waals surface area contributed by atoms with Crippen LogP contribution < -0.4 is 5.32 Å². The first-order chi connectivity index (χ1) is 5.75. The number of carbonyl (C=O) groups excluding carboxylic acids is 2. The van der Waals surface area contributed by atoms with Gasteiger partial charge in [0.1, 0.15) is 0 Å². The van der Waals surface area contributed by atoms with Crippen molar-refractivity contribution in [1.29, 1.82) is 0 Å². The molecule has 4 nitrogen and oxygen atoms in total. The van der Waals surface area contributed by atoms with Crippen molar-refractivity contribution >= 4 is 23.6 Å². The maximum atomic E-state index is 11.1. The van der Waals surface area contributed by atoms with E-state index in [1.54, 1.807) is 6.92 Å². The lowest BCUT2D eigenvalue weighted by atomic mass is 10.4. The predicted molar refractivity (Wildman–Crippen MR) is 45.9 cm³/mol. The molecule has 5 heteroatoms. The van der Waals surface area contributed by atoms with Gasteiger partial charge in [0.2, 0.25) is 5.91 Å². The minimum absolute atomic E-state index is 0.232. The van der Waals surface area contributed by atoms with Crippen LogP contribution in [0.4, 0.5) is 0 Å². The van der Waals surface area contributed by atoms with Crippen molar-refractivity contribution in [3.63, 3.8) is 0 Å². The average Bonchev–Trinajstić information content (AvgIpc) is 2.05. The van der Waals surface area contributed by atoms with E-state index in [2.05, 4.69) is 5.32 Å². The monoisotopic (exact) mass is 189 g/mol. The summed E-state index contributed by atoms with van der Waals surface area (Å²) >= 11 is 1.33. The molecule has 1 fully saturated rings. The summed E-state index contributed by atoms with van der Waals surface area (Å²) in [6, 6.07) is 0. The van der Waals surface area contributed by atoms with Gasteiger partial charge in [0.25, 0.3) is 0 Å². The molecule has 68 valence electrons.